The third-order valence-electron chi connectivity index (χ3n) is 3.40. The molecule has 1 aromatic carbocycles. The van der Waals surface area contributed by atoms with Gasteiger partial charge in [0.05, 0.1) is 6.07 Å². The molecule has 1 aliphatic carbocycles. The van der Waals surface area contributed by atoms with Crippen molar-refractivity contribution in [1.29, 1.82) is 5.26 Å². The number of halogens is 2. The maximum absolute atomic E-state index is 12.2. The maximum atomic E-state index is 12.2. The predicted molar refractivity (Wildman–Crippen MR) is 78.0 cm³/mol. The van der Waals surface area contributed by atoms with E-state index < -0.39 is 5.54 Å². The zero-order valence-electron chi connectivity index (χ0n) is 10.4. The van der Waals surface area contributed by atoms with E-state index in [-0.39, 0.29) is 5.91 Å². The Labute approximate surface area is 126 Å². The molecule has 0 aromatic heterocycles. The fourth-order valence-corrected chi connectivity index (χ4v) is 3.25. The van der Waals surface area contributed by atoms with Gasteiger partial charge < -0.3 is 5.32 Å². The summed E-state index contributed by atoms with van der Waals surface area (Å²) in [6, 6.07) is 7.30. The highest BCUT2D eigenvalue weighted by atomic mass is 79.9. The second-order valence-electron chi connectivity index (χ2n) is 4.87. The fourth-order valence-electron chi connectivity index (χ4n) is 2.39. The average Bonchev–Trinajstić information content (AvgIpc) is 2.38. The fraction of sp³-hybridized carbons (Fsp3) is 0.429. The van der Waals surface area contributed by atoms with Gasteiger partial charge in [-0.2, -0.15) is 5.26 Å². The maximum Gasteiger partial charge on any atom is 0.252 e. The minimum Gasteiger partial charge on any atom is -0.334 e. The Hall–Kier alpha value is -1.05. The van der Waals surface area contributed by atoms with Crippen LogP contribution >= 0.6 is 27.5 Å². The highest BCUT2D eigenvalue weighted by Gasteiger charge is 2.33. The average molecular weight is 342 g/mol. The first-order valence-corrected chi connectivity index (χ1v) is 7.42. The van der Waals surface area contributed by atoms with Gasteiger partial charge in [-0.05, 0) is 31.0 Å². The monoisotopic (exact) mass is 340 g/mol. The van der Waals surface area contributed by atoms with E-state index >= 15 is 0 Å². The van der Waals surface area contributed by atoms with Gasteiger partial charge in [0.25, 0.3) is 5.91 Å². The van der Waals surface area contributed by atoms with Crippen LogP contribution in [-0.4, -0.2) is 11.4 Å². The summed E-state index contributed by atoms with van der Waals surface area (Å²) < 4.78 is 0.750. The Morgan fingerprint density at radius 2 is 2.00 bits per heavy atom. The Bertz CT molecular complexity index is 512. The van der Waals surface area contributed by atoms with Gasteiger partial charge >= 0.3 is 0 Å². The zero-order valence-corrected chi connectivity index (χ0v) is 12.7. The number of hydrogen-bond donors (Lipinski definition) is 1. The van der Waals surface area contributed by atoms with Crippen molar-refractivity contribution >= 4 is 33.4 Å². The van der Waals surface area contributed by atoms with Crippen molar-refractivity contribution in [3.05, 3.63) is 33.3 Å². The number of rotatable bonds is 2. The van der Waals surface area contributed by atoms with Gasteiger partial charge in [-0.3, -0.25) is 4.79 Å². The summed E-state index contributed by atoms with van der Waals surface area (Å²) in [6.07, 6.45) is 4.52. The molecule has 0 spiro atoms. The number of nitriles is 1. The number of nitrogens with one attached hydrogen (secondary N) is 1. The third-order valence-corrected chi connectivity index (χ3v) is 4.07. The first kappa shape index (κ1) is 14.4. The first-order valence-electron chi connectivity index (χ1n) is 6.24. The first-order chi connectivity index (χ1) is 9.04. The zero-order chi connectivity index (χ0) is 13.9. The molecular formula is C14H14BrClN2O. The largest absolute Gasteiger partial charge is 0.334 e. The van der Waals surface area contributed by atoms with E-state index in [4.69, 9.17) is 11.6 Å². The van der Waals surface area contributed by atoms with E-state index in [9.17, 15) is 10.1 Å². The Morgan fingerprint density at radius 3 is 2.58 bits per heavy atom. The lowest BCUT2D eigenvalue weighted by Crippen LogP contribution is -2.48. The summed E-state index contributed by atoms with van der Waals surface area (Å²) in [6.45, 7) is 0. The summed E-state index contributed by atoms with van der Waals surface area (Å²) >= 11 is 9.24. The molecule has 1 fully saturated rings. The van der Waals surface area contributed by atoms with Crippen molar-refractivity contribution in [1.82, 2.24) is 5.32 Å². The van der Waals surface area contributed by atoms with E-state index in [0.717, 1.165) is 36.6 Å². The highest BCUT2D eigenvalue weighted by molar-refractivity contribution is 9.10. The second-order valence-corrected chi connectivity index (χ2v) is 6.22. The molecule has 0 bridgehead atoms. The molecule has 2 rings (SSSR count). The smallest absolute Gasteiger partial charge is 0.252 e. The van der Waals surface area contributed by atoms with Gasteiger partial charge in [-0.15, -0.1) is 0 Å². The van der Waals surface area contributed by atoms with Crippen LogP contribution in [0.3, 0.4) is 0 Å². The Morgan fingerprint density at radius 1 is 1.32 bits per heavy atom. The lowest BCUT2D eigenvalue weighted by molar-refractivity contribution is 0.0902. The summed E-state index contributed by atoms with van der Waals surface area (Å²) in [5, 5.41) is 12.7. The molecule has 0 aliphatic heterocycles. The van der Waals surface area contributed by atoms with E-state index in [1.165, 1.54) is 0 Å². The summed E-state index contributed by atoms with van der Waals surface area (Å²) in [5.74, 6) is -0.244. The normalized spacial score (nSPS) is 17.5. The minimum atomic E-state index is -0.718. The molecule has 1 aliphatic rings. The molecule has 3 nitrogen and oxygen atoms in total. The van der Waals surface area contributed by atoms with Crippen LogP contribution in [-0.2, 0) is 0 Å². The van der Waals surface area contributed by atoms with Crippen LogP contribution in [0.5, 0.6) is 0 Å². The van der Waals surface area contributed by atoms with Gasteiger partial charge in [0.15, 0.2) is 0 Å². The predicted octanol–water partition coefficient (Wildman–Crippen LogP) is 4.06. The number of carbonyl (C=O) groups is 1. The van der Waals surface area contributed by atoms with Crippen LogP contribution in [0.2, 0.25) is 5.02 Å². The van der Waals surface area contributed by atoms with Crippen molar-refractivity contribution in [3.63, 3.8) is 0 Å². The van der Waals surface area contributed by atoms with Gasteiger partial charge in [-0.1, -0.05) is 46.8 Å². The summed E-state index contributed by atoms with van der Waals surface area (Å²) in [5.41, 5.74) is -0.246. The van der Waals surface area contributed by atoms with Crippen molar-refractivity contribution in [3.8, 4) is 6.07 Å². The lowest BCUT2D eigenvalue weighted by atomic mass is 9.82. The molecule has 1 saturated carbocycles. The van der Waals surface area contributed by atoms with E-state index in [1.807, 2.05) is 0 Å². The van der Waals surface area contributed by atoms with E-state index in [0.29, 0.717) is 10.6 Å². The van der Waals surface area contributed by atoms with Crippen molar-refractivity contribution < 1.29 is 4.79 Å². The molecule has 100 valence electrons. The highest BCUT2D eigenvalue weighted by Crippen LogP contribution is 2.28. The lowest BCUT2D eigenvalue weighted by Gasteiger charge is -2.31. The number of amides is 1. The van der Waals surface area contributed by atoms with Crippen molar-refractivity contribution in [2.45, 2.75) is 37.6 Å². The minimum absolute atomic E-state index is 0.244. The molecule has 1 amide bonds. The number of nitrogens with zero attached hydrogens (tertiary/aromatic N) is 1. The van der Waals surface area contributed by atoms with E-state index in [1.54, 1.807) is 18.2 Å². The summed E-state index contributed by atoms with van der Waals surface area (Å²) in [4.78, 5) is 12.2. The molecular weight excluding hydrogens is 328 g/mol. The van der Waals surface area contributed by atoms with Crippen LogP contribution < -0.4 is 5.32 Å². The molecule has 0 radical (unpaired) electrons. The van der Waals surface area contributed by atoms with Crippen LogP contribution in [0.1, 0.15) is 42.5 Å². The Kier molecular flexibility index (Phi) is 4.49. The van der Waals surface area contributed by atoms with Crippen LogP contribution in [0, 0.1) is 11.3 Å². The molecule has 0 saturated heterocycles. The Balaban J connectivity index is 2.18. The topological polar surface area (TPSA) is 52.9 Å². The van der Waals surface area contributed by atoms with Crippen LogP contribution in [0.25, 0.3) is 0 Å². The SMILES string of the molecule is N#CC1(NC(=O)c2cc(Cl)cc(Br)c2)CCCCC1. The van der Waals surface area contributed by atoms with Gasteiger partial charge in [0, 0.05) is 15.1 Å². The molecule has 0 heterocycles. The number of carbonyl (C=O) groups excluding carboxylic acids is 1. The molecule has 1 aromatic rings. The van der Waals surface area contributed by atoms with Gasteiger partial charge in [-0.25, -0.2) is 0 Å². The van der Waals surface area contributed by atoms with Crippen molar-refractivity contribution in [2.75, 3.05) is 0 Å². The van der Waals surface area contributed by atoms with Crippen LogP contribution in [0.15, 0.2) is 22.7 Å². The third kappa shape index (κ3) is 3.49. The quantitative estimate of drug-likeness (QED) is 0.882. The second kappa shape index (κ2) is 5.94. The molecule has 0 unspecified atom stereocenters. The number of benzene rings is 1. The van der Waals surface area contributed by atoms with Crippen molar-refractivity contribution in [2.24, 2.45) is 0 Å². The van der Waals surface area contributed by atoms with Gasteiger partial charge in [0.2, 0.25) is 0 Å². The van der Waals surface area contributed by atoms with E-state index in [2.05, 4.69) is 27.3 Å². The van der Waals surface area contributed by atoms with Crippen LogP contribution in [0.4, 0.5) is 0 Å². The standard InChI is InChI=1S/C14H14BrClN2O/c15-11-6-10(7-12(16)8-11)13(19)18-14(9-17)4-2-1-3-5-14/h6-8H,1-5H2,(H,18,19). The molecule has 1 N–H and O–H groups in total. The molecule has 5 heteroatoms. The molecule has 19 heavy (non-hydrogen) atoms. The van der Waals surface area contributed by atoms with Gasteiger partial charge in [0.1, 0.15) is 5.54 Å². The number of hydrogen-bond acceptors (Lipinski definition) is 2. The summed E-state index contributed by atoms with van der Waals surface area (Å²) in [7, 11) is 0. The molecule has 0 atom stereocenters.